The van der Waals surface area contributed by atoms with Gasteiger partial charge < -0.3 is 0 Å². The van der Waals surface area contributed by atoms with Gasteiger partial charge >= 0.3 is 0 Å². The first-order valence-corrected chi connectivity index (χ1v) is 9.26. The molecule has 1 heterocycles. The van der Waals surface area contributed by atoms with E-state index >= 15 is 0 Å². The number of hydrogen-bond acceptors (Lipinski definition) is 3. The highest BCUT2D eigenvalue weighted by Gasteiger charge is 2.15. The maximum Gasteiger partial charge on any atom is 0.263 e. The van der Waals surface area contributed by atoms with Crippen LogP contribution in [-0.2, 0) is 16.6 Å². The van der Waals surface area contributed by atoms with Gasteiger partial charge in [-0.15, -0.1) is 0 Å². The summed E-state index contributed by atoms with van der Waals surface area (Å²) in [6, 6.07) is 13.9. The van der Waals surface area contributed by atoms with Crippen molar-refractivity contribution >= 4 is 31.8 Å². The van der Waals surface area contributed by atoms with E-state index in [9.17, 15) is 12.8 Å². The molecule has 3 aromatic rings. The SMILES string of the molecule is O=S(=O)(Nc1ccn(Cc2ccc(F)cc2)n1)c1ccc(Br)cc1. The number of nitrogens with zero attached hydrogens (tertiary/aromatic N) is 2. The molecule has 0 atom stereocenters. The van der Waals surface area contributed by atoms with Crippen molar-refractivity contribution in [2.45, 2.75) is 11.4 Å². The first-order chi connectivity index (χ1) is 11.4. The third-order valence-electron chi connectivity index (χ3n) is 3.26. The minimum absolute atomic E-state index is 0.152. The van der Waals surface area contributed by atoms with Gasteiger partial charge in [-0.25, -0.2) is 12.8 Å². The van der Waals surface area contributed by atoms with E-state index in [0.717, 1.165) is 10.0 Å². The molecule has 0 aliphatic heterocycles. The van der Waals surface area contributed by atoms with Crippen LogP contribution in [-0.4, -0.2) is 18.2 Å². The van der Waals surface area contributed by atoms with Crippen LogP contribution in [0, 0.1) is 5.82 Å². The van der Waals surface area contributed by atoms with Crippen LogP contribution in [0.3, 0.4) is 0 Å². The van der Waals surface area contributed by atoms with Gasteiger partial charge in [0.2, 0.25) is 0 Å². The maximum atomic E-state index is 12.9. The van der Waals surface area contributed by atoms with Gasteiger partial charge in [0, 0.05) is 16.7 Å². The third kappa shape index (κ3) is 4.01. The lowest BCUT2D eigenvalue weighted by Gasteiger charge is -2.06. The first-order valence-electron chi connectivity index (χ1n) is 6.99. The van der Waals surface area contributed by atoms with Gasteiger partial charge in [0.05, 0.1) is 11.4 Å². The average molecular weight is 410 g/mol. The number of halogens is 2. The van der Waals surface area contributed by atoms with E-state index in [2.05, 4.69) is 25.8 Å². The second kappa shape index (κ2) is 6.74. The van der Waals surface area contributed by atoms with Gasteiger partial charge in [-0.3, -0.25) is 9.40 Å². The standard InChI is InChI=1S/C16H13BrFN3O2S/c17-13-3-7-15(8-4-13)24(22,23)20-16-9-10-21(19-16)11-12-1-5-14(18)6-2-12/h1-10H,11H2,(H,19,20). The Kier molecular flexibility index (Phi) is 4.68. The molecular weight excluding hydrogens is 397 g/mol. The summed E-state index contributed by atoms with van der Waals surface area (Å²) in [6.45, 7) is 0.417. The molecule has 124 valence electrons. The molecule has 0 saturated heterocycles. The molecule has 0 unspecified atom stereocenters. The number of nitrogens with one attached hydrogen (secondary N) is 1. The van der Waals surface area contributed by atoms with Crippen LogP contribution < -0.4 is 4.72 Å². The van der Waals surface area contributed by atoms with Gasteiger partial charge in [-0.1, -0.05) is 28.1 Å². The van der Waals surface area contributed by atoms with Gasteiger partial charge in [0.1, 0.15) is 5.82 Å². The second-order valence-electron chi connectivity index (χ2n) is 5.08. The van der Waals surface area contributed by atoms with Crippen LogP contribution in [0.25, 0.3) is 0 Å². The van der Waals surface area contributed by atoms with Crippen molar-refractivity contribution < 1.29 is 12.8 Å². The Bertz CT molecular complexity index is 938. The number of hydrogen-bond donors (Lipinski definition) is 1. The predicted molar refractivity (Wildman–Crippen MR) is 92.7 cm³/mol. The zero-order valence-corrected chi connectivity index (χ0v) is 14.8. The molecule has 3 rings (SSSR count). The Hall–Kier alpha value is -2.19. The van der Waals surface area contributed by atoms with Crippen LogP contribution in [0.4, 0.5) is 10.2 Å². The molecule has 0 aliphatic rings. The van der Waals surface area contributed by atoms with Crippen molar-refractivity contribution in [2.24, 2.45) is 0 Å². The molecular formula is C16H13BrFN3O2S. The molecule has 1 N–H and O–H groups in total. The molecule has 0 aliphatic carbocycles. The number of aromatic nitrogens is 2. The van der Waals surface area contributed by atoms with E-state index in [-0.39, 0.29) is 16.5 Å². The summed E-state index contributed by atoms with van der Waals surface area (Å²) in [7, 11) is -3.69. The van der Waals surface area contributed by atoms with Gasteiger partial charge in [-0.2, -0.15) is 5.10 Å². The molecule has 0 spiro atoms. The zero-order chi connectivity index (χ0) is 17.2. The third-order valence-corrected chi connectivity index (χ3v) is 5.16. The monoisotopic (exact) mass is 409 g/mol. The number of sulfonamides is 1. The molecule has 0 fully saturated rings. The molecule has 2 aromatic carbocycles. The van der Waals surface area contributed by atoms with Gasteiger partial charge in [0.15, 0.2) is 5.82 Å². The van der Waals surface area contributed by atoms with Crippen molar-refractivity contribution in [1.82, 2.24) is 9.78 Å². The Morgan fingerprint density at radius 3 is 2.38 bits per heavy atom. The average Bonchev–Trinajstić information content (AvgIpc) is 2.96. The second-order valence-corrected chi connectivity index (χ2v) is 7.68. The van der Waals surface area contributed by atoms with Crippen LogP contribution in [0.2, 0.25) is 0 Å². The summed E-state index contributed by atoms with van der Waals surface area (Å²) in [5, 5.41) is 4.18. The Labute approximate surface area is 147 Å². The van der Waals surface area contributed by atoms with E-state index in [1.54, 1.807) is 41.2 Å². The molecule has 0 amide bonds. The molecule has 24 heavy (non-hydrogen) atoms. The number of benzene rings is 2. The molecule has 1 aromatic heterocycles. The maximum absolute atomic E-state index is 12.9. The van der Waals surface area contributed by atoms with Crippen LogP contribution >= 0.6 is 15.9 Å². The molecule has 0 saturated carbocycles. The summed E-state index contributed by atoms with van der Waals surface area (Å²) in [5.74, 6) is -0.0813. The smallest absolute Gasteiger partial charge is 0.263 e. The Balaban J connectivity index is 1.73. The van der Waals surface area contributed by atoms with Crippen molar-refractivity contribution in [3.8, 4) is 0 Å². The largest absolute Gasteiger partial charge is 0.266 e. The quantitative estimate of drug-likeness (QED) is 0.699. The lowest BCUT2D eigenvalue weighted by atomic mass is 10.2. The van der Waals surface area contributed by atoms with Crippen molar-refractivity contribution in [2.75, 3.05) is 4.72 Å². The Morgan fingerprint density at radius 1 is 1.04 bits per heavy atom. The molecule has 0 radical (unpaired) electrons. The van der Waals surface area contributed by atoms with Crippen LogP contribution in [0.1, 0.15) is 5.56 Å². The van der Waals surface area contributed by atoms with E-state index < -0.39 is 10.0 Å². The number of rotatable bonds is 5. The fourth-order valence-corrected chi connectivity index (χ4v) is 3.35. The first kappa shape index (κ1) is 16.7. The minimum Gasteiger partial charge on any atom is -0.266 e. The normalized spacial score (nSPS) is 11.4. The highest BCUT2D eigenvalue weighted by atomic mass is 79.9. The van der Waals surface area contributed by atoms with E-state index in [0.29, 0.717) is 6.54 Å². The summed E-state index contributed by atoms with van der Waals surface area (Å²) in [6.07, 6.45) is 1.66. The molecule has 5 nitrogen and oxygen atoms in total. The fourth-order valence-electron chi connectivity index (χ4n) is 2.09. The van der Waals surface area contributed by atoms with Gasteiger partial charge in [-0.05, 0) is 42.0 Å². The lowest BCUT2D eigenvalue weighted by Crippen LogP contribution is -2.13. The van der Waals surface area contributed by atoms with Crippen molar-refractivity contribution in [1.29, 1.82) is 0 Å². The summed E-state index contributed by atoms with van der Waals surface area (Å²) in [5.41, 5.74) is 0.863. The lowest BCUT2D eigenvalue weighted by molar-refractivity contribution is 0.600. The van der Waals surface area contributed by atoms with Crippen LogP contribution in [0.5, 0.6) is 0 Å². The van der Waals surface area contributed by atoms with E-state index in [4.69, 9.17) is 0 Å². The summed E-state index contributed by atoms with van der Waals surface area (Å²) in [4.78, 5) is 0.152. The Morgan fingerprint density at radius 2 is 1.71 bits per heavy atom. The summed E-state index contributed by atoms with van der Waals surface area (Å²) >= 11 is 3.26. The van der Waals surface area contributed by atoms with Gasteiger partial charge in [0.25, 0.3) is 10.0 Å². The highest BCUT2D eigenvalue weighted by Crippen LogP contribution is 2.17. The molecule has 8 heteroatoms. The predicted octanol–water partition coefficient (Wildman–Crippen LogP) is 3.63. The minimum atomic E-state index is -3.69. The zero-order valence-electron chi connectivity index (χ0n) is 12.4. The number of anilines is 1. The van der Waals surface area contributed by atoms with Crippen LogP contribution in [0.15, 0.2) is 70.2 Å². The van der Waals surface area contributed by atoms with Crippen molar-refractivity contribution in [3.05, 3.63) is 76.6 Å². The van der Waals surface area contributed by atoms with E-state index in [1.807, 2.05) is 0 Å². The summed E-state index contributed by atoms with van der Waals surface area (Å²) < 4.78 is 42.3. The fraction of sp³-hybridized carbons (Fsp3) is 0.0625. The topological polar surface area (TPSA) is 64.0 Å². The molecule has 0 bridgehead atoms. The highest BCUT2D eigenvalue weighted by molar-refractivity contribution is 9.10. The van der Waals surface area contributed by atoms with E-state index in [1.165, 1.54) is 24.3 Å². The van der Waals surface area contributed by atoms with Crippen molar-refractivity contribution in [3.63, 3.8) is 0 Å².